The Morgan fingerprint density at radius 1 is 1.30 bits per heavy atom. The number of anilines is 1. The molecule has 0 fully saturated rings. The summed E-state index contributed by atoms with van der Waals surface area (Å²) in [6.45, 7) is 2.57. The molecule has 5 heteroatoms. The molecule has 0 bridgehead atoms. The lowest BCUT2D eigenvalue weighted by molar-refractivity contribution is 0.317. The molecule has 2 aromatic carbocycles. The molecule has 2 N–H and O–H groups in total. The summed E-state index contributed by atoms with van der Waals surface area (Å²) >= 11 is 5.82. The van der Waals surface area contributed by atoms with Gasteiger partial charge in [0.25, 0.3) is 0 Å². The van der Waals surface area contributed by atoms with E-state index in [1.54, 1.807) is 18.2 Å². The van der Waals surface area contributed by atoms with Gasteiger partial charge in [-0.05, 0) is 31.2 Å². The van der Waals surface area contributed by atoms with Crippen LogP contribution in [0.25, 0.3) is 0 Å². The minimum Gasteiger partial charge on any atom is -0.504 e. The fourth-order valence-corrected chi connectivity index (χ4v) is 1.98. The number of hydrogen-bond donors (Lipinski definition) is 2. The standard InChI is InChI=1S/C15H15ClFNO2/c1-2-20-14-5-3-4-10(15(14)19)9-18-13-8-11(16)6-7-12(13)17/h3-8,18-19H,2,9H2,1H3. The molecule has 0 unspecified atom stereocenters. The van der Waals surface area contributed by atoms with Crippen molar-refractivity contribution >= 4 is 17.3 Å². The Kier molecular flexibility index (Phi) is 4.69. The molecular weight excluding hydrogens is 281 g/mol. The first kappa shape index (κ1) is 14.5. The van der Waals surface area contributed by atoms with Crippen molar-refractivity contribution in [3.63, 3.8) is 0 Å². The second kappa shape index (κ2) is 6.48. The van der Waals surface area contributed by atoms with Gasteiger partial charge in [-0.1, -0.05) is 23.7 Å². The Hall–Kier alpha value is -1.94. The van der Waals surface area contributed by atoms with Gasteiger partial charge in [-0.2, -0.15) is 0 Å². The van der Waals surface area contributed by atoms with E-state index in [0.717, 1.165) is 0 Å². The van der Waals surface area contributed by atoms with Crippen molar-refractivity contribution in [3.05, 3.63) is 52.8 Å². The molecule has 20 heavy (non-hydrogen) atoms. The monoisotopic (exact) mass is 295 g/mol. The van der Waals surface area contributed by atoms with Crippen LogP contribution in [0.4, 0.5) is 10.1 Å². The lowest BCUT2D eigenvalue weighted by Crippen LogP contribution is -2.02. The fraction of sp³-hybridized carbons (Fsp3) is 0.200. The van der Waals surface area contributed by atoms with E-state index in [1.807, 2.05) is 6.92 Å². The van der Waals surface area contributed by atoms with E-state index in [9.17, 15) is 9.50 Å². The Balaban J connectivity index is 2.14. The lowest BCUT2D eigenvalue weighted by Gasteiger charge is -2.12. The number of rotatable bonds is 5. The van der Waals surface area contributed by atoms with Gasteiger partial charge in [0.05, 0.1) is 12.3 Å². The number of ether oxygens (including phenoxy) is 1. The summed E-state index contributed by atoms with van der Waals surface area (Å²) < 4.78 is 18.9. The average molecular weight is 296 g/mol. The van der Waals surface area contributed by atoms with Gasteiger partial charge in [0.2, 0.25) is 0 Å². The molecule has 0 atom stereocenters. The predicted molar refractivity (Wildman–Crippen MR) is 78.0 cm³/mol. The van der Waals surface area contributed by atoms with Crippen LogP contribution < -0.4 is 10.1 Å². The highest BCUT2D eigenvalue weighted by Crippen LogP contribution is 2.30. The molecule has 0 heterocycles. The molecule has 106 valence electrons. The van der Waals surface area contributed by atoms with Crippen LogP contribution in [0.2, 0.25) is 5.02 Å². The summed E-state index contributed by atoms with van der Waals surface area (Å²) in [6, 6.07) is 9.47. The number of hydrogen-bond acceptors (Lipinski definition) is 3. The largest absolute Gasteiger partial charge is 0.504 e. The van der Waals surface area contributed by atoms with E-state index >= 15 is 0 Å². The Morgan fingerprint density at radius 3 is 2.85 bits per heavy atom. The van der Waals surface area contributed by atoms with Crippen molar-refractivity contribution in [1.82, 2.24) is 0 Å². The van der Waals surface area contributed by atoms with E-state index in [-0.39, 0.29) is 12.3 Å². The summed E-state index contributed by atoms with van der Waals surface area (Å²) in [6.07, 6.45) is 0. The Bertz CT molecular complexity index is 604. The number of phenols is 1. The normalized spacial score (nSPS) is 10.3. The van der Waals surface area contributed by atoms with Gasteiger partial charge in [0.1, 0.15) is 5.82 Å². The zero-order valence-corrected chi connectivity index (χ0v) is 11.7. The van der Waals surface area contributed by atoms with Crippen LogP contribution in [-0.4, -0.2) is 11.7 Å². The number of nitrogens with one attached hydrogen (secondary N) is 1. The molecule has 0 spiro atoms. The van der Waals surface area contributed by atoms with Crippen molar-refractivity contribution < 1.29 is 14.2 Å². The van der Waals surface area contributed by atoms with E-state index < -0.39 is 5.82 Å². The topological polar surface area (TPSA) is 41.5 Å². The molecule has 0 aromatic heterocycles. The van der Waals surface area contributed by atoms with E-state index in [1.165, 1.54) is 18.2 Å². The zero-order chi connectivity index (χ0) is 14.5. The van der Waals surface area contributed by atoms with E-state index in [0.29, 0.717) is 28.6 Å². The van der Waals surface area contributed by atoms with Crippen LogP contribution in [0.3, 0.4) is 0 Å². The molecule has 2 rings (SSSR count). The maximum atomic E-state index is 13.6. The number of phenolic OH excluding ortho intramolecular Hbond substituents is 1. The quantitative estimate of drug-likeness (QED) is 0.869. The highest BCUT2D eigenvalue weighted by molar-refractivity contribution is 6.30. The summed E-state index contributed by atoms with van der Waals surface area (Å²) in [5, 5.41) is 13.4. The second-order valence-electron chi connectivity index (χ2n) is 4.17. The number of halogens is 2. The van der Waals surface area contributed by atoms with Crippen LogP contribution in [-0.2, 0) is 6.54 Å². The molecule has 0 saturated heterocycles. The maximum absolute atomic E-state index is 13.6. The van der Waals surface area contributed by atoms with Gasteiger partial charge in [-0.25, -0.2) is 4.39 Å². The molecule has 0 aliphatic heterocycles. The van der Waals surface area contributed by atoms with Crippen molar-refractivity contribution in [1.29, 1.82) is 0 Å². The lowest BCUT2D eigenvalue weighted by atomic mass is 10.1. The number of benzene rings is 2. The van der Waals surface area contributed by atoms with Crippen molar-refractivity contribution in [2.75, 3.05) is 11.9 Å². The third kappa shape index (κ3) is 3.33. The predicted octanol–water partition coefficient (Wildman–Crippen LogP) is 4.20. The van der Waals surface area contributed by atoms with Crippen LogP contribution in [0.1, 0.15) is 12.5 Å². The minimum atomic E-state index is -0.394. The number of para-hydroxylation sites is 1. The van der Waals surface area contributed by atoms with Crippen LogP contribution in [0, 0.1) is 5.82 Å². The number of aromatic hydroxyl groups is 1. The minimum absolute atomic E-state index is 0.0595. The zero-order valence-electron chi connectivity index (χ0n) is 11.0. The third-order valence-corrected chi connectivity index (χ3v) is 3.02. The van der Waals surface area contributed by atoms with Gasteiger partial charge < -0.3 is 15.2 Å². The molecule has 0 aliphatic rings. The molecule has 0 saturated carbocycles. The molecule has 3 nitrogen and oxygen atoms in total. The van der Waals surface area contributed by atoms with E-state index in [4.69, 9.17) is 16.3 Å². The van der Waals surface area contributed by atoms with Gasteiger partial charge in [0, 0.05) is 17.1 Å². The van der Waals surface area contributed by atoms with Gasteiger partial charge in [0.15, 0.2) is 11.5 Å². The summed E-state index contributed by atoms with van der Waals surface area (Å²) in [5.41, 5.74) is 0.911. The first-order valence-corrected chi connectivity index (χ1v) is 6.62. The molecule has 0 amide bonds. The smallest absolute Gasteiger partial charge is 0.162 e. The summed E-state index contributed by atoms with van der Waals surface area (Å²) in [5.74, 6) is 0.0810. The average Bonchev–Trinajstić information content (AvgIpc) is 2.43. The highest BCUT2D eigenvalue weighted by Gasteiger charge is 2.09. The third-order valence-electron chi connectivity index (χ3n) is 2.78. The van der Waals surface area contributed by atoms with Crippen LogP contribution in [0.5, 0.6) is 11.5 Å². The van der Waals surface area contributed by atoms with Gasteiger partial charge >= 0.3 is 0 Å². The SMILES string of the molecule is CCOc1cccc(CNc2cc(Cl)ccc2F)c1O. The molecular formula is C15H15ClFNO2. The summed E-state index contributed by atoms with van der Waals surface area (Å²) in [7, 11) is 0. The Labute approximate surface area is 122 Å². The fourth-order valence-electron chi connectivity index (χ4n) is 1.81. The van der Waals surface area contributed by atoms with Crippen molar-refractivity contribution in [2.24, 2.45) is 0 Å². The molecule has 0 aliphatic carbocycles. The maximum Gasteiger partial charge on any atom is 0.162 e. The molecule has 0 radical (unpaired) electrons. The second-order valence-corrected chi connectivity index (χ2v) is 4.61. The van der Waals surface area contributed by atoms with Crippen molar-refractivity contribution in [3.8, 4) is 11.5 Å². The van der Waals surface area contributed by atoms with Gasteiger partial charge in [-0.15, -0.1) is 0 Å². The highest BCUT2D eigenvalue weighted by atomic mass is 35.5. The van der Waals surface area contributed by atoms with E-state index in [2.05, 4.69) is 5.32 Å². The Morgan fingerprint density at radius 2 is 2.10 bits per heavy atom. The first-order valence-electron chi connectivity index (χ1n) is 6.24. The van der Waals surface area contributed by atoms with Crippen molar-refractivity contribution in [2.45, 2.75) is 13.5 Å². The van der Waals surface area contributed by atoms with Gasteiger partial charge in [-0.3, -0.25) is 0 Å². The first-order chi connectivity index (χ1) is 9.61. The van der Waals surface area contributed by atoms with Crippen LogP contribution >= 0.6 is 11.6 Å². The summed E-state index contributed by atoms with van der Waals surface area (Å²) in [4.78, 5) is 0. The molecule has 2 aromatic rings. The van der Waals surface area contributed by atoms with Crippen LogP contribution in [0.15, 0.2) is 36.4 Å².